The van der Waals surface area contributed by atoms with Gasteiger partial charge in [0.25, 0.3) is 0 Å². The molecule has 0 saturated carbocycles. The minimum atomic E-state index is -0.0499. The average Bonchev–Trinajstić information content (AvgIpc) is 2.25. The van der Waals surface area contributed by atoms with E-state index in [-0.39, 0.29) is 17.3 Å². The molecule has 0 aliphatic heterocycles. The van der Waals surface area contributed by atoms with Crippen molar-refractivity contribution < 1.29 is 9.53 Å². The first-order valence-corrected chi connectivity index (χ1v) is 7.06. The van der Waals surface area contributed by atoms with E-state index in [0.29, 0.717) is 6.61 Å². The second kappa shape index (κ2) is 8.54. The van der Waals surface area contributed by atoms with E-state index in [1.165, 1.54) is 32.1 Å². The van der Waals surface area contributed by atoms with Gasteiger partial charge in [-0.05, 0) is 11.8 Å². The molecule has 2 nitrogen and oxygen atoms in total. The lowest BCUT2D eigenvalue weighted by Gasteiger charge is -2.25. The lowest BCUT2D eigenvalue weighted by atomic mass is 9.82. The summed E-state index contributed by atoms with van der Waals surface area (Å²) in [7, 11) is 0. The van der Waals surface area contributed by atoms with Crippen molar-refractivity contribution in [1.82, 2.24) is 0 Å². The summed E-state index contributed by atoms with van der Waals surface area (Å²) in [6.45, 7) is 11.0. The van der Waals surface area contributed by atoms with Crippen LogP contribution in [0.1, 0.15) is 73.1 Å². The molecule has 0 aromatic heterocycles. The number of unbranched alkanes of at least 4 members (excludes halogenated alkanes) is 5. The number of hydrogen-bond donors (Lipinski definition) is 0. The molecule has 1 unspecified atom stereocenters. The Hall–Kier alpha value is -0.530. The van der Waals surface area contributed by atoms with Crippen molar-refractivity contribution in [3.8, 4) is 0 Å². The highest BCUT2D eigenvalue weighted by molar-refractivity contribution is 5.72. The molecule has 0 aliphatic rings. The zero-order valence-electron chi connectivity index (χ0n) is 12.3. The van der Waals surface area contributed by atoms with Crippen LogP contribution in [0.2, 0.25) is 0 Å². The molecule has 0 radical (unpaired) electrons. The standard InChI is InChI=1S/C15H30O2/c1-6-7-8-9-10-11-12-17-14(16)13(2)15(3,4)5/h13H,6-12H2,1-5H3. The van der Waals surface area contributed by atoms with Crippen LogP contribution in [0.4, 0.5) is 0 Å². The van der Waals surface area contributed by atoms with Gasteiger partial charge in [-0.1, -0.05) is 66.7 Å². The van der Waals surface area contributed by atoms with Crippen molar-refractivity contribution in [2.24, 2.45) is 11.3 Å². The van der Waals surface area contributed by atoms with Gasteiger partial charge in [0, 0.05) is 0 Å². The molecule has 0 aromatic carbocycles. The highest BCUT2D eigenvalue weighted by Gasteiger charge is 2.27. The molecule has 0 amide bonds. The Balaban J connectivity index is 3.52. The van der Waals surface area contributed by atoms with Crippen molar-refractivity contribution >= 4 is 5.97 Å². The van der Waals surface area contributed by atoms with Crippen LogP contribution in [0.25, 0.3) is 0 Å². The van der Waals surface area contributed by atoms with Gasteiger partial charge >= 0.3 is 5.97 Å². The molecular weight excluding hydrogens is 212 g/mol. The van der Waals surface area contributed by atoms with Gasteiger partial charge in [-0.25, -0.2) is 0 Å². The zero-order chi connectivity index (χ0) is 13.3. The second-order valence-electron chi connectivity index (χ2n) is 6.02. The van der Waals surface area contributed by atoms with Crippen LogP contribution >= 0.6 is 0 Å². The van der Waals surface area contributed by atoms with Crippen molar-refractivity contribution in [1.29, 1.82) is 0 Å². The molecule has 0 rings (SSSR count). The van der Waals surface area contributed by atoms with Crippen molar-refractivity contribution in [2.75, 3.05) is 6.61 Å². The van der Waals surface area contributed by atoms with Crippen molar-refractivity contribution in [3.63, 3.8) is 0 Å². The van der Waals surface area contributed by atoms with Gasteiger partial charge in [-0.15, -0.1) is 0 Å². The third kappa shape index (κ3) is 8.23. The van der Waals surface area contributed by atoms with Crippen LogP contribution in [0, 0.1) is 11.3 Å². The zero-order valence-corrected chi connectivity index (χ0v) is 12.3. The molecule has 0 saturated heterocycles. The highest BCUT2D eigenvalue weighted by atomic mass is 16.5. The van der Waals surface area contributed by atoms with E-state index in [4.69, 9.17) is 4.74 Å². The Morgan fingerprint density at radius 1 is 1.06 bits per heavy atom. The quantitative estimate of drug-likeness (QED) is 0.460. The SMILES string of the molecule is CCCCCCCCOC(=O)C(C)C(C)(C)C. The highest BCUT2D eigenvalue weighted by Crippen LogP contribution is 2.26. The fourth-order valence-electron chi connectivity index (χ4n) is 1.53. The monoisotopic (exact) mass is 242 g/mol. The Kier molecular flexibility index (Phi) is 8.28. The third-order valence-electron chi connectivity index (χ3n) is 3.39. The van der Waals surface area contributed by atoms with E-state index >= 15 is 0 Å². The van der Waals surface area contributed by atoms with Gasteiger partial charge in [-0.2, -0.15) is 0 Å². The molecule has 17 heavy (non-hydrogen) atoms. The lowest BCUT2D eigenvalue weighted by Crippen LogP contribution is -2.27. The summed E-state index contributed by atoms with van der Waals surface area (Å²) in [5, 5.41) is 0. The summed E-state index contributed by atoms with van der Waals surface area (Å²) in [6, 6.07) is 0. The summed E-state index contributed by atoms with van der Waals surface area (Å²) >= 11 is 0. The van der Waals surface area contributed by atoms with Crippen LogP contribution in [-0.2, 0) is 9.53 Å². The van der Waals surface area contributed by atoms with E-state index in [1.807, 2.05) is 6.92 Å². The Labute approximate surface area is 107 Å². The summed E-state index contributed by atoms with van der Waals surface area (Å²) < 4.78 is 5.30. The molecule has 0 spiro atoms. The Morgan fingerprint density at radius 2 is 1.59 bits per heavy atom. The summed E-state index contributed by atoms with van der Waals surface area (Å²) in [5.41, 5.74) is -0.00178. The van der Waals surface area contributed by atoms with E-state index in [1.54, 1.807) is 0 Å². The second-order valence-corrected chi connectivity index (χ2v) is 6.02. The van der Waals surface area contributed by atoms with Gasteiger partial charge in [0.15, 0.2) is 0 Å². The van der Waals surface area contributed by atoms with Crippen LogP contribution < -0.4 is 0 Å². The normalized spacial score (nSPS) is 13.5. The van der Waals surface area contributed by atoms with Crippen LogP contribution in [0.5, 0.6) is 0 Å². The number of esters is 1. The van der Waals surface area contributed by atoms with Gasteiger partial charge in [-0.3, -0.25) is 4.79 Å². The Morgan fingerprint density at radius 3 is 2.12 bits per heavy atom. The van der Waals surface area contributed by atoms with E-state index in [9.17, 15) is 4.79 Å². The minimum absolute atomic E-state index is 0.00178. The number of hydrogen-bond acceptors (Lipinski definition) is 2. The molecule has 0 heterocycles. The largest absolute Gasteiger partial charge is 0.465 e. The molecular formula is C15H30O2. The molecule has 0 aromatic rings. The first-order chi connectivity index (χ1) is 7.89. The maximum absolute atomic E-state index is 11.7. The minimum Gasteiger partial charge on any atom is -0.465 e. The fraction of sp³-hybridized carbons (Fsp3) is 0.933. The summed E-state index contributed by atoms with van der Waals surface area (Å²) in [6.07, 6.45) is 7.35. The smallest absolute Gasteiger partial charge is 0.309 e. The first-order valence-electron chi connectivity index (χ1n) is 7.06. The predicted octanol–water partition coefficient (Wildman–Crippen LogP) is 4.57. The topological polar surface area (TPSA) is 26.3 Å². The number of ether oxygens (including phenoxy) is 1. The molecule has 0 fully saturated rings. The van der Waals surface area contributed by atoms with E-state index in [2.05, 4.69) is 27.7 Å². The summed E-state index contributed by atoms with van der Waals surface area (Å²) in [5.74, 6) is -0.0753. The third-order valence-corrected chi connectivity index (χ3v) is 3.39. The number of carbonyl (C=O) groups excluding carboxylic acids is 1. The maximum atomic E-state index is 11.7. The van der Waals surface area contributed by atoms with Crippen molar-refractivity contribution in [3.05, 3.63) is 0 Å². The van der Waals surface area contributed by atoms with Gasteiger partial charge < -0.3 is 4.74 Å². The predicted molar refractivity (Wildman–Crippen MR) is 73.0 cm³/mol. The average molecular weight is 242 g/mol. The van der Waals surface area contributed by atoms with Crippen LogP contribution in [-0.4, -0.2) is 12.6 Å². The molecule has 1 atom stereocenters. The van der Waals surface area contributed by atoms with Crippen LogP contribution in [0.15, 0.2) is 0 Å². The summed E-state index contributed by atoms with van der Waals surface area (Å²) in [4.78, 5) is 11.7. The van der Waals surface area contributed by atoms with Gasteiger partial charge in [0.05, 0.1) is 12.5 Å². The number of rotatable bonds is 8. The maximum Gasteiger partial charge on any atom is 0.309 e. The Bertz CT molecular complexity index is 203. The number of carbonyl (C=O) groups is 1. The molecule has 0 N–H and O–H groups in total. The van der Waals surface area contributed by atoms with Crippen molar-refractivity contribution in [2.45, 2.75) is 73.1 Å². The van der Waals surface area contributed by atoms with Gasteiger partial charge in [0.1, 0.15) is 0 Å². The fourth-order valence-corrected chi connectivity index (χ4v) is 1.53. The molecule has 102 valence electrons. The van der Waals surface area contributed by atoms with E-state index in [0.717, 1.165) is 6.42 Å². The molecule has 0 bridgehead atoms. The first kappa shape index (κ1) is 16.5. The van der Waals surface area contributed by atoms with Gasteiger partial charge in [0.2, 0.25) is 0 Å². The van der Waals surface area contributed by atoms with E-state index < -0.39 is 0 Å². The lowest BCUT2D eigenvalue weighted by molar-refractivity contribution is -0.151. The molecule has 0 aliphatic carbocycles. The molecule has 2 heteroatoms. The van der Waals surface area contributed by atoms with Crippen LogP contribution in [0.3, 0.4) is 0 Å².